The summed E-state index contributed by atoms with van der Waals surface area (Å²) in [6.45, 7) is 0.729. The lowest BCUT2D eigenvalue weighted by atomic mass is 10.3. The van der Waals surface area contributed by atoms with Crippen LogP contribution >= 0.6 is 11.3 Å². The Morgan fingerprint density at radius 1 is 1.33 bits per heavy atom. The van der Waals surface area contributed by atoms with Gasteiger partial charge in [-0.2, -0.15) is 0 Å². The summed E-state index contributed by atoms with van der Waals surface area (Å²) in [5.74, 6) is 0. The quantitative estimate of drug-likeness (QED) is 0.763. The summed E-state index contributed by atoms with van der Waals surface area (Å²) in [7, 11) is 0. The molecule has 0 bridgehead atoms. The molecule has 1 aromatic heterocycles. The Labute approximate surface area is 91.2 Å². The molecular weight excluding hydrogens is 208 g/mol. The van der Waals surface area contributed by atoms with Gasteiger partial charge >= 0.3 is 0 Å². The van der Waals surface area contributed by atoms with Crippen molar-refractivity contribution >= 4 is 26.7 Å². The molecule has 2 heterocycles. The number of para-hydroxylation sites is 1. The lowest BCUT2D eigenvalue weighted by Crippen LogP contribution is -2.42. The third-order valence-electron chi connectivity index (χ3n) is 2.18. The molecule has 2 aromatic rings. The van der Waals surface area contributed by atoms with Crippen molar-refractivity contribution < 1.29 is 0 Å². The Kier molecular flexibility index (Phi) is 2.04. The van der Waals surface area contributed by atoms with Gasteiger partial charge in [0, 0.05) is 12.4 Å². The molecule has 1 aliphatic heterocycles. The predicted octanol–water partition coefficient (Wildman–Crippen LogP) is 1.64. The maximum absolute atomic E-state index is 4.54. The molecule has 0 saturated carbocycles. The lowest BCUT2D eigenvalue weighted by molar-refractivity contribution is 0.626. The van der Waals surface area contributed by atoms with Gasteiger partial charge in [-0.3, -0.25) is 5.01 Å². The van der Waals surface area contributed by atoms with E-state index in [1.807, 2.05) is 35.6 Å². The summed E-state index contributed by atoms with van der Waals surface area (Å²) in [5.41, 5.74) is 4.23. The smallest absolute Gasteiger partial charge is 0.205 e. The van der Waals surface area contributed by atoms with E-state index in [0.29, 0.717) is 0 Å². The number of fused-ring (bicyclic) bond motifs is 1. The zero-order valence-corrected chi connectivity index (χ0v) is 8.79. The van der Waals surface area contributed by atoms with Crippen LogP contribution in [0, 0.1) is 0 Å². The monoisotopic (exact) mass is 218 g/mol. The molecule has 0 aliphatic carbocycles. The molecule has 15 heavy (non-hydrogen) atoms. The first-order valence-corrected chi connectivity index (χ1v) is 5.53. The molecule has 0 fully saturated rings. The molecule has 4 nitrogen and oxygen atoms in total. The zero-order valence-electron chi connectivity index (χ0n) is 7.97. The van der Waals surface area contributed by atoms with E-state index < -0.39 is 0 Å². The molecular formula is C10H10N4S. The van der Waals surface area contributed by atoms with Gasteiger partial charge in [0.05, 0.1) is 16.9 Å². The Morgan fingerprint density at radius 3 is 3.07 bits per heavy atom. The van der Waals surface area contributed by atoms with Crippen LogP contribution in [0.15, 0.2) is 36.7 Å². The fourth-order valence-corrected chi connectivity index (χ4v) is 2.39. The Morgan fingerprint density at radius 2 is 2.27 bits per heavy atom. The standard InChI is InChI=1S/C10H10N4S/c1-2-4-9-8(3-1)13-10(15-9)14-6-5-11-7-12-14/h1-6,11-12H,7H2. The number of hydrogen-bond donors (Lipinski definition) is 2. The van der Waals surface area contributed by atoms with Gasteiger partial charge in [0.25, 0.3) is 0 Å². The second-order valence-electron chi connectivity index (χ2n) is 3.19. The van der Waals surface area contributed by atoms with Crippen molar-refractivity contribution in [2.45, 2.75) is 0 Å². The minimum atomic E-state index is 0.729. The normalized spacial score (nSPS) is 15.6. The fourth-order valence-electron chi connectivity index (χ4n) is 1.46. The van der Waals surface area contributed by atoms with Gasteiger partial charge in [-0.05, 0) is 12.1 Å². The van der Waals surface area contributed by atoms with E-state index in [9.17, 15) is 0 Å². The molecule has 0 radical (unpaired) electrons. The van der Waals surface area contributed by atoms with Gasteiger partial charge in [-0.1, -0.05) is 23.5 Å². The number of anilines is 1. The third kappa shape index (κ3) is 1.55. The van der Waals surface area contributed by atoms with Gasteiger partial charge in [0.2, 0.25) is 5.13 Å². The van der Waals surface area contributed by atoms with Crippen LogP contribution in [0.4, 0.5) is 5.13 Å². The molecule has 0 amide bonds. The summed E-state index contributed by atoms with van der Waals surface area (Å²) >= 11 is 1.68. The van der Waals surface area contributed by atoms with Crippen molar-refractivity contribution in [3.05, 3.63) is 36.7 Å². The molecule has 0 atom stereocenters. The van der Waals surface area contributed by atoms with Crippen LogP contribution in [0.5, 0.6) is 0 Å². The summed E-state index contributed by atoms with van der Waals surface area (Å²) in [4.78, 5) is 4.54. The molecule has 0 spiro atoms. The lowest BCUT2D eigenvalue weighted by Gasteiger charge is -2.21. The minimum Gasteiger partial charge on any atom is -0.376 e. The Balaban J connectivity index is 2.03. The van der Waals surface area contributed by atoms with Crippen molar-refractivity contribution in [3.63, 3.8) is 0 Å². The van der Waals surface area contributed by atoms with Crippen molar-refractivity contribution in [3.8, 4) is 0 Å². The van der Waals surface area contributed by atoms with E-state index in [1.54, 1.807) is 11.3 Å². The number of nitrogens with zero attached hydrogens (tertiary/aromatic N) is 2. The maximum Gasteiger partial charge on any atom is 0.205 e. The largest absolute Gasteiger partial charge is 0.376 e. The zero-order chi connectivity index (χ0) is 10.1. The number of rotatable bonds is 1. The summed E-state index contributed by atoms with van der Waals surface area (Å²) in [6.07, 6.45) is 3.84. The van der Waals surface area contributed by atoms with E-state index in [2.05, 4.69) is 21.8 Å². The number of benzene rings is 1. The maximum atomic E-state index is 4.54. The van der Waals surface area contributed by atoms with Gasteiger partial charge in [-0.15, -0.1) is 0 Å². The second-order valence-corrected chi connectivity index (χ2v) is 4.20. The van der Waals surface area contributed by atoms with Crippen LogP contribution in [0.1, 0.15) is 0 Å². The number of hydrogen-bond acceptors (Lipinski definition) is 5. The highest BCUT2D eigenvalue weighted by atomic mass is 32.1. The number of hydrazine groups is 1. The first-order chi connectivity index (χ1) is 7.43. The van der Waals surface area contributed by atoms with Crippen LogP contribution in [0.2, 0.25) is 0 Å². The number of thiazole rings is 1. The van der Waals surface area contributed by atoms with Crippen LogP contribution in [-0.2, 0) is 0 Å². The molecule has 2 N–H and O–H groups in total. The van der Waals surface area contributed by atoms with Gasteiger partial charge in [-0.25, -0.2) is 10.4 Å². The minimum absolute atomic E-state index is 0.729. The van der Waals surface area contributed by atoms with Crippen LogP contribution in [-0.4, -0.2) is 11.7 Å². The number of aromatic nitrogens is 1. The van der Waals surface area contributed by atoms with E-state index in [-0.39, 0.29) is 0 Å². The SMILES string of the molecule is C1=CN(c2nc3ccccc3s2)NCN1. The van der Waals surface area contributed by atoms with Gasteiger partial charge in [0.1, 0.15) is 0 Å². The van der Waals surface area contributed by atoms with E-state index in [0.717, 1.165) is 17.3 Å². The average molecular weight is 218 g/mol. The Hall–Kier alpha value is -1.59. The van der Waals surface area contributed by atoms with Crippen molar-refractivity contribution in [1.82, 2.24) is 15.7 Å². The highest BCUT2D eigenvalue weighted by Gasteiger charge is 2.10. The summed E-state index contributed by atoms with van der Waals surface area (Å²) in [5, 5.41) is 5.96. The van der Waals surface area contributed by atoms with E-state index in [1.165, 1.54) is 4.70 Å². The van der Waals surface area contributed by atoms with Gasteiger partial charge in [0.15, 0.2) is 0 Å². The predicted molar refractivity (Wildman–Crippen MR) is 62.4 cm³/mol. The van der Waals surface area contributed by atoms with Crippen LogP contribution in [0.3, 0.4) is 0 Å². The van der Waals surface area contributed by atoms with Gasteiger partial charge < -0.3 is 5.32 Å². The molecule has 5 heteroatoms. The van der Waals surface area contributed by atoms with Crippen molar-refractivity contribution in [2.75, 3.05) is 11.7 Å². The summed E-state index contributed by atoms with van der Waals surface area (Å²) in [6, 6.07) is 8.15. The van der Waals surface area contributed by atoms with E-state index in [4.69, 9.17) is 0 Å². The van der Waals surface area contributed by atoms with Crippen LogP contribution < -0.4 is 15.8 Å². The Bertz CT molecular complexity index is 472. The van der Waals surface area contributed by atoms with Crippen LogP contribution in [0.25, 0.3) is 10.2 Å². The third-order valence-corrected chi connectivity index (χ3v) is 3.22. The second kappa shape index (κ2) is 3.52. The van der Waals surface area contributed by atoms with E-state index >= 15 is 0 Å². The molecule has 1 aliphatic rings. The van der Waals surface area contributed by atoms with Crippen molar-refractivity contribution in [2.24, 2.45) is 0 Å². The molecule has 76 valence electrons. The molecule has 1 aromatic carbocycles. The average Bonchev–Trinajstić information content (AvgIpc) is 2.74. The first kappa shape index (κ1) is 8.70. The van der Waals surface area contributed by atoms with Crippen molar-refractivity contribution in [1.29, 1.82) is 0 Å². The highest BCUT2D eigenvalue weighted by molar-refractivity contribution is 7.22. The first-order valence-electron chi connectivity index (χ1n) is 4.72. The molecule has 0 saturated heterocycles. The fraction of sp³-hybridized carbons (Fsp3) is 0.100. The molecule has 3 rings (SSSR count). The summed E-state index contributed by atoms with van der Waals surface area (Å²) < 4.78 is 1.21. The highest BCUT2D eigenvalue weighted by Crippen LogP contribution is 2.27. The number of nitrogens with one attached hydrogen (secondary N) is 2. The topological polar surface area (TPSA) is 40.2 Å². The molecule has 0 unspecified atom stereocenters.